The molecule has 2 aliphatic heterocycles. The lowest BCUT2D eigenvalue weighted by Crippen LogP contribution is -2.40. The normalized spacial score (nSPS) is 20.0. The van der Waals surface area contributed by atoms with Crippen molar-refractivity contribution in [1.82, 2.24) is 0 Å². The third kappa shape index (κ3) is 8.98. The van der Waals surface area contributed by atoms with Crippen molar-refractivity contribution in [2.24, 2.45) is 17.8 Å². The second-order valence-corrected chi connectivity index (χ2v) is 11.6. The molecule has 0 spiro atoms. The van der Waals surface area contributed by atoms with Crippen LogP contribution in [0.5, 0.6) is 11.5 Å². The minimum atomic E-state index is -0.578. The Hall–Kier alpha value is -3.54. The number of fused-ring (bicyclic) bond motifs is 2. The van der Waals surface area contributed by atoms with Crippen molar-refractivity contribution in [3.63, 3.8) is 0 Å². The lowest BCUT2D eigenvalue weighted by molar-refractivity contribution is -0.153. The van der Waals surface area contributed by atoms with Crippen LogP contribution >= 0.6 is 0 Å². The zero-order chi connectivity index (χ0) is 30.6. The van der Waals surface area contributed by atoms with Gasteiger partial charge in [-0.15, -0.1) is 0 Å². The third-order valence-electron chi connectivity index (χ3n) is 7.47. The molecular formula is C36H48O6. The van der Waals surface area contributed by atoms with Crippen LogP contribution in [-0.4, -0.2) is 37.4 Å². The van der Waals surface area contributed by atoms with Gasteiger partial charge in [-0.2, -0.15) is 0 Å². The number of esters is 2. The highest BCUT2D eigenvalue weighted by Crippen LogP contribution is 2.41. The molecule has 0 radical (unpaired) electrons. The molecular weight excluding hydrogens is 528 g/mol. The summed E-state index contributed by atoms with van der Waals surface area (Å²) >= 11 is 0. The molecule has 0 saturated heterocycles. The molecule has 1 unspecified atom stereocenters. The average molecular weight is 577 g/mol. The van der Waals surface area contributed by atoms with E-state index in [-0.39, 0.29) is 17.9 Å². The van der Waals surface area contributed by atoms with Gasteiger partial charge in [-0.1, -0.05) is 83.2 Å². The Kier molecular flexibility index (Phi) is 12.7. The van der Waals surface area contributed by atoms with Crippen LogP contribution in [0.4, 0.5) is 0 Å². The van der Waals surface area contributed by atoms with Crippen LogP contribution in [0.2, 0.25) is 0 Å². The molecule has 4 rings (SSSR count). The van der Waals surface area contributed by atoms with Crippen LogP contribution in [0.25, 0.3) is 11.1 Å². The molecule has 3 atom stereocenters. The maximum Gasteiger partial charge on any atom is 0.347 e. The van der Waals surface area contributed by atoms with E-state index >= 15 is 0 Å². The fraction of sp³-hybridized carbons (Fsp3) is 0.500. The number of hydrogen-bond donors (Lipinski definition) is 0. The summed E-state index contributed by atoms with van der Waals surface area (Å²) in [7, 11) is 0. The van der Waals surface area contributed by atoms with E-state index in [1.807, 2.05) is 56.3 Å². The Labute approximate surface area is 252 Å². The minimum Gasteiger partial charge on any atom is -0.478 e. The largest absolute Gasteiger partial charge is 0.478 e. The van der Waals surface area contributed by atoms with Gasteiger partial charge in [0.1, 0.15) is 11.5 Å². The van der Waals surface area contributed by atoms with E-state index in [1.54, 1.807) is 0 Å². The van der Waals surface area contributed by atoms with E-state index in [2.05, 4.69) is 46.4 Å². The van der Waals surface area contributed by atoms with E-state index < -0.39 is 12.2 Å². The van der Waals surface area contributed by atoms with E-state index in [0.717, 1.165) is 53.9 Å². The highest BCUT2D eigenvalue weighted by atomic mass is 16.6. The monoisotopic (exact) mass is 576 g/mol. The SMILES string of the molecule is C=C1c2ccccc2O[C@H](C(=O)OCC)[C@@H]1CCC(C)C.CCOC(=O)C1C/C(=C\CCC(C)C)c2ccccc2O1. The summed E-state index contributed by atoms with van der Waals surface area (Å²) in [5, 5.41) is 0. The first-order valence-corrected chi connectivity index (χ1v) is 15.4. The van der Waals surface area contributed by atoms with Crippen molar-refractivity contribution in [1.29, 1.82) is 0 Å². The van der Waals surface area contributed by atoms with E-state index in [9.17, 15) is 9.59 Å². The molecule has 0 saturated carbocycles. The summed E-state index contributed by atoms with van der Waals surface area (Å²) in [6, 6.07) is 15.7. The molecule has 6 heteroatoms. The Morgan fingerprint density at radius 3 is 2.05 bits per heavy atom. The Bertz CT molecular complexity index is 1230. The fourth-order valence-electron chi connectivity index (χ4n) is 5.20. The maximum absolute atomic E-state index is 12.2. The Morgan fingerprint density at radius 2 is 1.43 bits per heavy atom. The average Bonchev–Trinajstić information content (AvgIpc) is 2.96. The lowest BCUT2D eigenvalue weighted by Gasteiger charge is -2.34. The molecule has 6 nitrogen and oxygen atoms in total. The summed E-state index contributed by atoms with van der Waals surface area (Å²) in [6.07, 6.45) is 5.82. The number of carbonyl (C=O) groups is 2. The van der Waals surface area contributed by atoms with Crippen molar-refractivity contribution >= 4 is 23.1 Å². The quantitative estimate of drug-likeness (QED) is 0.265. The zero-order valence-corrected chi connectivity index (χ0v) is 26.2. The second-order valence-electron chi connectivity index (χ2n) is 11.6. The van der Waals surface area contributed by atoms with Crippen molar-refractivity contribution in [2.45, 2.75) is 85.9 Å². The first kappa shape index (κ1) is 33.0. The van der Waals surface area contributed by atoms with Gasteiger partial charge in [0.15, 0.2) is 6.10 Å². The number of carbonyl (C=O) groups excluding carboxylic acids is 2. The molecule has 0 N–H and O–H groups in total. The predicted octanol–water partition coefficient (Wildman–Crippen LogP) is 8.30. The van der Waals surface area contributed by atoms with Gasteiger partial charge in [0, 0.05) is 23.5 Å². The number of allylic oxidation sites excluding steroid dienone is 1. The minimum absolute atomic E-state index is 0.0126. The first-order valence-electron chi connectivity index (χ1n) is 15.4. The summed E-state index contributed by atoms with van der Waals surface area (Å²) in [5.74, 6) is 2.18. The Morgan fingerprint density at radius 1 is 0.857 bits per heavy atom. The van der Waals surface area contributed by atoms with Crippen LogP contribution in [0.15, 0.2) is 61.2 Å². The second kappa shape index (κ2) is 16.2. The predicted molar refractivity (Wildman–Crippen MR) is 168 cm³/mol. The Balaban J connectivity index is 0.000000230. The van der Waals surface area contributed by atoms with Crippen molar-refractivity contribution in [3.8, 4) is 11.5 Å². The van der Waals surface area contributed by atoms with E-state index in [0.29, 0.717) is 31.5 Å². The number of ether oxygens (including phenoxy) is 4. The van der Waals surface area contributed by atoms with E-state index in [4.69, 9.17) is 18.9 Å². The lowest BCUT2D eigenvalue weighted by atomic mass is 9.82. The number of benzene rings is 2. The van der Waals surface area contributed by atoms with E-state index in [1.165, 1.54) is 5.57 Å². The van der Waals surface area contributed by atoms with Crippen molar-refractivity contribution < 1.29 is 28.5 Å². The van der Waals surface area contributed by atoms with Gasteiger partial charge in [-0.25, -0.2) is 9.59 Å². The fourth-order valence-corrected chi connectivity index (χ4v) is 5.20. The van der Waals surface area contributed by atoms with Crippen molar-refractivity contribution in [2.75, 3.05) is 13.2 Å². The van der Waals surface area contributed by atoms with Crippen LogP contribution in [0, 0.1) is 17.8 Å². The van der Waals surface area contributed by atoms with Crippen LogP contribution in [0.1, 0.15) is 84.8 Å². The summed E-state index contributed by atoms with van der Waals surface area (Å²) in [6.45, 7) is 17.4. The summed E-state index contributed by atoms with van der Waals surface area (Å²) in [5.41, 5.74) is 4.28. The molecule has 2 aromatic carbocycles. The van der Waals surface area contributed by atoms with Crippen molar-refractivity contribution in [3.05, 3.63) is 72.3 Å². The third-order valence-corrected chi connectivity index (χ3v) is 7.47. The van der Waals surface area contributed by atoms with Crippen LogP contribution < -0.4 is 9.47 Å². The van der Waals surface area contributed by atoms with Gasteiger partial charge >= 0.3 is 11.9 Å². The zero-order valence-electron chi connectivity index (χ0n) is 26.2. The summed E-state index contributed by atoms with van der Waals surface area (Å²) in [4.78, 5) is 24.2. The molecule has 228 valence electrons. The standard InChI is InChI=1S/2C18H24O3/c1-5-20-18(19)17-15(11-10-12(2)3)13(4)14-8-6-7-9-16(14)21-17;1-4-20-18(19)17-12-14(9-7-8-13(2)3)15-10-5-6-11-16(15)21-17/h6-9,12,15,17H,4-5,10-11H2,1-3H3;5-6,9-11,13,17H,4,7-8,12H2,1-3H3/b;14-9+/t15-,17+;/m1./s1. The number of hydrogen-bond acceptors (Lipinski definition) is 6. The van der Waals surface area contributed by atoms with Gasteiger partial charge in [-0.3, -0.25) is 0 Å². The molecule has 0 amide bonds. The number of rotatable bonds is 10. The highest BCUT2D eigenvalue weighted by Gasteiger charge is 2.38. The maximum atomic E-state index is 12.2. The van der Waals surface area contributed by atoms with Gasteiger partial charge < -0.3 is 18.9 Å². The number of para-hydroxylation sites is 2. The molecule has 2 aromatic rings. The van der Waals surface area contributed by atoms with Crippen LogP contribution in [0.3, 0.4) is 0 Å². The van der Waals surface area contributed by atoms with Crippen LogP contribution in [-0.2, 0) is 19.1 Å². The summed E-state index contributed by atoms with van der Waals surface area (Å²) < 4.78 is 22.0. The molecule has 0 bridgehead atoms. The van der Waals surface area contributed by atoms with Gasteiger partial charge in [-0.05, 0) is 68.2 Å². The molecule has 2 aliphatic rings. The molecule has 42 heavy (non-hydrogen) atoms. The van der Waals surface area contributed by atoms with Gasteiger partial charge in [0.2, 0.25) is 6.10 Å². The molecule has 0 fully saturated rings. The van der Waals surface area contributed by atoms with Gasteiger partial charge in [0.05, 0.1) is 13.2 Å². The molecule has 2 heterocycles. The molecule has 0 aliphatic carbocycles. The topological polar surface area (TPSA) is 71.1 Å². The smallest absolute Gasteiger partial charge is 0.347 e. The van der Waals surface area contributed by atoms with Gasteiger partial charge in [0.25, 0.3) is 0 Å². The highest BCUT2D eigenvalue weighted by molar-refractivity contribution is 5.84. The first-order chi connectivity index (χ1) is 20.2. The molecule has 0 aromatic heterocycles.